The van der Waals surface area contributed by atoms with Crippen LogP contribution in [0.25, 0.3) is 6.08 Å². The maximum atomic E-state index is 12.6. The lowest BCUT2D eigenvalue weighted by Crippen LogP contribution is -2.44. The number of ether oxygens (including phenoxy) is 1. The number of likely N-dealkylation sites (tertiary alicyclic amines) is 1. The van der Waals surface area contributed by atoms with Crippen LogP contribution in [0.1, 0.15) is 24.8 Å². The lowest BCUT2D eigenvalue weighted by Gasteiger charge is -2.27. The predicted octanol–water partition coefficient (Wildman–Crippen LogP) is 2.20. The second-order valence-electron chi connectivity index (χ2n) is 6.46. The molecule has 2 fully saturated rings. The van der Waals surface area contributed by atoms with Crippen LogP contribution in [-0.2, 0) is 14.4 Å². The monoisotopic (exact) mass is 404 g/mol. The molecule has 0 aromatic heterocycles. The number of thioether (sulfide) groups is 1. The average molecular weight is 404 g/mol. The summed E-state index contributed by atoms with van der Waals surface area (Å²) in [4.78, 5) is 50.6. The van der Waals surface area contributed by atoms with Gasteiger partial charge in [0, 0.05) is 13.1 Å². The Hall–Kier alpha value is -2.81. The number of amides is 3. The third kappa shape index (κ3) is 4.92. The molecule has 8 nitrogen and oxygen atoms in total. The zero-order valence-corrected chi connectivity index (χ0v) is 15.9. The number of piperidine rings is 1. The van der Waals surface area contributed by atoms with Crippen LogP contribution in [0.3, 0.4) is 0 Å². The Balaban J connectivity index is 1.68. The quantitative estimate of drug-likeness (QED) is 0.725. The molecule has 2 saturated heterocycles. The summed E-state index contributed by atoms with van der Waals surface area (Å²) in [5, 5.41) is 8.20. The number of nitrogens with zero attached hydrogens (tertiary/aromatic N) is 2. The Labute approximate surface area is 166 Å². The van der Waals surface area contributed by atoms with Crippen LogP contribution in [0, 0.1) is 0 Å². The van der Waals surface area contributed by atoms with E-state index in [2.05, 4.69) is 0 Å². The average Bonchev–Trinajstić information content (AvgIpc) is 2.94. The molecule has 2 aliphatic heterocycles. The van der Waals surface area contributed by atoms with Gasteiger partial charge in [-0.25, -0.2) is 4.79 Å². The van der Waals surface area contributed by atoms with Gasteiger partial charge in [0.25, 0.3) is 11.1 Å². The number of carbonyl (C=O) groups excluding carboxylic acids is 3. The molecular weight excluding hydrogens is 384 g/mol. The van der Waals surface area contributed by atoms with Crippen molar-refractivity contribution in [3.63, 3.8) is 0 Å². The number of carbonyl (C=O) groups is 4. The minimum absolute atomic E-state index is 0.215. The molecule has 3 amide bonds. The van der Waals surface area contributed by atoms with Crippen molar-refractivity contribution in [1.82, 2.24) is 9.80 Å². The molecule has 28 heavy (non-hydrogen) atoms. The van der Waals surface area contributed by atoms with E-state index in [-0.39, 0.29) is 17.4 Å². The first-order chi connectivity index (χ1) is 13.4. The Morgan fingerprint density at radius 1 is 1.18 bits per heavy atom. The molecule has 0 unspecified atom stereocenters. The standard InChI is InChI=1S/C19H20N2O6S/c22-16(20-7-2-1-3-8-20)11-21-18(25)15(28-19(21)26)10-13-5-4-6-14(9-13)27-12-17(23)24/h4-6,9-10H,1-3,7-8,11-12H2,(H,23,24)/b15-10-. The van der Waals surface area contributed by atoms with E-state index in [0.717, 1.165) is 35.9 Å². The van der Waals surface area contributed by atoms with Crippen molar-refractivity contribution in [2.24, 2.45) is 0 Å². The van der Waals surface area contributed by atoms with Crippen molar-refractivity contribution in [2.75, 3.05) is 26.2 Å². The van der Waals surface area contributed by atoms with Crippen LogP contribution in [0.5, 0.6) is 5.75 Å². The van der Waals surface area contributed by atoms with Gasteiger partial charge in [0.1, 0.15) is 12.3 Å². The van der Waals surface area contributed by atoms with E-state index in [1.807, 2.05) is 0 Å². The number of rotatable bonds is 6. The van der Waals surface area contributed by atoms with Crippen molar-refractivity contribution in [3.8, 4) is 5.75 Å². The van der Waals surface area contributed by atoms with Gasteiger partial charge in [0.05, 0.1) is 4.91 Å². The number of carboxylic acids is 1. The first-order valence-corrected chi connectivity index (χ1v) is 9.73. The molecule has 1 N–H and O–H groups in total. The molecule has 1 aromatic rings. The molecule has 0 saturated carbocycles. The normalized spacial score (nSPS) is 18.6. The fourth-order valence-electron chi connectivity index (χ4n) is 3.01. The van der Waals surface area contributed by atoms with Gasteiger partial charge in [-0.1, -0.05) is 12.1 Å². The maximum absolute atomic E-state index is 12.6. The van der Waals surface area contributed by atoms with Crippen molar-refractivity contribution < 1.29 is 29.0 Å². The molecule has 2 aliphatic rings. The molecule has 148 valence electrons. The molecule has 0 radical (unpaired) electrons. The Bertz CT molecular complexity index is 831. The number of imide groups is 1. The molecule has 0 spiro atoms. The summed E-state index contributed by atoms with van der Waals surface area (Å²) in [5.41, 5.74) is 0.593. The number of hydrogen-bond donors (Lipinski definition) is 1. The lowest BCUT2D eigenvalue weighted by atomic mass is 10.1. The minimum Gasteiger partial charge on any atom is -0.482 e. The lowest BCUT2D eigenvalue weighted by molar-refractivity contribution is -0.139. The summed E-state index contributed by atoms with van der Waals surface area (Å²) in [6.07, 6.45) is 4.49. The number of aliphatic carboxylic acids is 1. The minimum atomic E-state index is -1.09. The van der Waals surface area contributed by atoms with Gasteiger partial charge < -0.3 is 14.7 Å². The van der Waals surface area contributed by atoms with Crippen molar-refractivity contribution in [1.29, 1.82) is 0 Å². The van der Waals surface area contributed by atoms with Crippen LogP contribution in [0.15, 0.2) is 29.2 Å². The van der Waals surface area contributed by atoms with Crippen LogP contribution in [-0.4, -0.2) is 64.2 Å². The fraction of sp³-hybridized carbons (Fsp3) is 0.368. The van der Waals surface area contributed by atoms with Gasteiger partial charge in [0.15, 0.2) is 6.61 Å². The first-order valence-electron chi connectivity index (χ1n) is 8.92. The smallest absolute Gasteiger partial charge is 0.341 e. The highest BCUT2D eigenvalue weighted by atomic mass is 32.2. The van der Waals surface area contributed by atoms with Crippen LogP contribution < -0.4 is 4.74 Å². The first kappa shape index (κ1) is 19.9. The second kappa shape index (κ2) is 8.92. The summed E-state index contributed by atoms with van der Waals surface area (Å²) < 4.78 is 5.11. The highest BCUT2D eigenvalue weighted by Crippen LogP contribution is 2.32. The predicted molar refractivity (Wildman–Crippen MR) is 103 cm³/mol. The fourth-order valence-corrected chi connectivity index (χ4v) is 3.84. The van der Waals surface area contributed by atoms with E-state index >= 15 is 0 Å². The van der Waals surface area contributed by atoms with E-state index in [1.165, 1.54) is 6.08 Å². The highest BCUT2D eigenvalue weighted by molar-refractivity contribution is 8.18. The maximum Gasteiger partial charge on any atom is 0.341 e. The zero-order chi connectivity index (χ0) is 20.1. The van der Waals surface area contributed by atoms with Crippen molar-refractivity contribution >= 4 is 40.9 Å². The van der Waals surface area contributed by atoms with Gasteiger partial charge in [-0.15, -0.1) is 0 Å². The van der Waals surface area contributed by atoms with Gasteiger partial charge in [-0.3, -0.25) is 19.3 Å². The summed E-state index contributed by atoms with van der Waals surface area (Å²) >= 11 is 0.782. The van der Waals surface area contributed by atoms with E-state index in [1.54, 1.807) is 29.2 Å². The molecule has 1 aromatic carbocycles. The summed E-state index contributed by atoms with van der Waals surface area (Å²) in [5.74, 6) is -1.47. The van der Waals surface area contributed by atoms with E-state index in [4.69, 9.17) is 9.84 Å². The van der Waals surface area contributed by atoms with E-state index in [9.17, 15) is 19.2 Å². The molecule has 2 heterocycles. The van der Waals surface area contributed by atoms with E-state index in [0.29, 0.717) is 24.4 Å². The van der Waals surface area contributed by atoms with Crippen LogP contribution in [0.4, 0.5) is 4.79 Å². The Morgan fingerprint density at radius 2 is 1.93 bits per heavy atom. The molecule has 0 atom stereocenters. The third-order valence-corrected chi connectivity index (χ3v) is 5.30. The van der Waals surface area contributed by atoms with Gasteiger partial charge in [-0.05, 0) is 54.8 Å². The number of hydrogen-bond acceptors (Lipinski definition) is 6. The Morgan fingerprint density at radius 3 is 2.64 bits per heavy atom. The molecule has 3 rings (SSSR count). The zero-order valence-electron chi connectivity index (χ0n) is 15.1. The summed E-state index contributed by atoms with van der Waals surface area (Å²) in [6, 6.07) is 6.55. The third-order valence-electron chi connectivity index (χ3n) is 4.39. The van der Waals surface area contributed by atoms with Crippen molar-refractivity contribution in [2.45, 2.75) is 19.3 Å². The van der Waals surface area contributed by atoms with Gasteiger partial charge >= 0.3 is 5.97 Å². The van der Waals surface area contributed by atoms with Crippen molar-refractivity contribution in [3.05, 3.63) is 34.7 Å². The molecule has 0 aliphatic carbocycles. The number of carboxylic acid groups (broad SMARTS) is 1. The summed E-state index contributed by atoms with van der Waals surface area (Å²) in [7, 11) is 0. The Kier molecular flexibility index (Phi) is 6.35. The SMILES string of the molecule is O=C(O)COc1cccc(/C=C2\SC(=O)N(CC(=O)N3CCCCC3)C2=O)c1. The topological polar surface area (TPSA) is 104 Å². The largest absolute Gasteiger partial charge is 0.482 e. The highest BCUT2D eigenvalue weighted by Gasteiger charge is 2.37. The number of benzene rings is 1. The van der Waals surface area contributed by atoms with Crippen LogP contribution in [0.2, 0.25) is 0 Å². The molecule has 9 heteroatoms. The van der Waals surface area contributed by atoms with Gasteiger partial charge in [0.2, 0.25) is 5.91 Å². The van der Waals surface area contributed by atoms with Crippen LogP contribution >= 0.6 is 11.8 Å². The second-order valence-corrected chi connectivity index (χ2v) is 7.46. The molecule has 0 bridgehead atoms. The van der Waals surface area contributed by atoms with Gasteiger partial charge in [-0.2, -0.15) is 0 Å². The van der Waals surface area contributed by atoms with E-state index < -0.39 is 23.7 Å². The summed E-state index contributed by atoms with van der Waals surface area (Å²) in [6.45, 7) is 0.602. The molecular formula is C19H20N2O6S.